The van der Waals surface area contributed by atoms with Gasteiger partial charge in [-0.3, -0.25) is 0 Å². The third-order valence-electron chi connectivity index (χ3n) is 5.86. The second-order valence-electron chi connectivity index (χ2n) is 8.14. The summed E-state index contributed by atoms with van der Waals surface area (Å²) in [7, 11) is -2.66. The van der Waals surface area contributed by atoms with Crippen LogP contribution < -0.4 is 14.8 Å². The van der Waals surface area contributed by atoms with Gasteiger partial charge in [-0.15, -0.1) is 0 Å². The summed E-state index contributed by atoms with van der Waals surface area (Å²) in [6.45, 7) is 0. The Balaban J connectivity index is 1.84. The minimum absolute atomic E-state index is 0.279. The Morgan fingerprint density at radius 3 is 1.74 bits per heavy atom. The molecule has 0 aliphatic heterocycles. The molecule has 0 bridgehead atoms. The SMILES string of the molecule is Fc1ccc(OB(Oc2ccccc2)c2c(F)c(F)c(F)c3c2C(F)(F)c2c(F)c(F)c(F)c(F)c2-3)c(F)c1. The largest absolute Gasteiger partial charge is 0.636 e. The number of hydrogen-bond acceptors (Lipinski definition) is 2. The van der Waals surface area contributed by atoms with Crippen molar-refractivity contribution in [1.82, 2.24) is 0 Å². The molecule has 0 heterocycles. The lowest BCUT2D eigenvalue weighted by Gasteiger charge is -2.23. The number of fused-ring (bicyclic) bond motifs is 3. The predicted octanol–water partition coefficient (Wildman–Crippen LogP) is 6.91. The van der Waals surface area contributed by atoms with Gasteiger partial charge in [0, 0.05) is 22.8 Å². The van der Waals surface area contributed by atoms with Crippen molar-refractivity contribution in [2.75, 3.05) is 0 Å². The average Bonchev–Trinajstić information content (AvgIpc) is 3.14. The van der Waals surface area contributed by atoms with E-state index in [1.807, 2.05) is 0 Å². The number of hydrogen-bond donors (Lipinski definition) is 0. The van der Waals surface area contributed by atoms with Gasteiger partial charge in [0.05, 0.1) is 11.0 Å². The summed E-state index contributed by atoms with van der Waals surface area (Å²) in [4.78, 5) is 0. The van der Waals surface area contributed by atoms with Crippen molar-refractivity contribution in [3.8, 4) is 22.6 Å². The van der Waals surface area contributed by atoms with Gasteiger partial charge in [-0.05, 0) is 24.3 Å². The van der Waals surface area contributed by atoms with E-state index < -0.39 is 98.9 Å². The van der Waals surface area contributed by atoms with Gasteiger partial charge >= 0.3 is 13.0 Å². The van der Waals surface area contributed by atoms with Crippen LogP contribution in [0.15, 0.2) is 48.5 Å². The molecule has 4 aromatic rings. The molecule has 1 aliphatic carbocycles. The molecule has 39 heavy (non-hydrogen) atoms. The maximum Gasteiger partial charge on any atom is 0.636 e. The highest BCUT2D eigenvalue weighted by molar-refractivity contribution is 6.63. The van der Waals surface area contributed by atoms with Gasteiger partial charge < -0.3 is 9.31 Å². The van der Waals surface area contributed by atoms with Gasteiger partial charge in [0.2, 0.25) is 0 Å². The van der Waals surface area contributed by atoms with Crippen LogP contribution in [0, 0.1) is 52.4 Å². The summed E-state index contributed by atoms with van der Waals surface area (Å²) in [6, 6.07) is 7.99. The molecule has 0 spiro atoms. The Kier molecular flexibility index (Phi) is 6.23. The fourth-order valence-corrected chi connectivity index (χ4v) is 4.20. The van der Waals surface area contributed by atoms with Gasteiger partial charge in [-0.2, -0.15) is 8.78 Å². The lowest BCUT2D eigenvalue weighted by Crippen LogP contribution is -2.49. The molecular weight excluding hydrogens is 552 g/mol. The van der Waals surface area contributed by atoms with Gasteiger partial charge in [-0.25, -0.2) is 39.5 Å². The van der Waals surface area contributed by atoms with Crippen molar-refractivity contribution in [1.29, 1.82) is 0 Å². The summed E-state index contributed by atoms with van der Waals surface area (Å²) in [5, 5.41) is 0. The molecule has 0 atom stereocenters. The van der Waals surface area contributed by atoms with E-state index in [1.54, 1.807) is 0 Å². The minimum Gasteiger partial charge on any atom is -0.522 e. The maximum atomic E-state index is 15.6. The van der Waals surface area contributed by atoms with E-state index in [4.69, 9.17) is 9.31 Å². The van der Waals surface area contributed by atoms with E-state index in [1.165, 1.54) is 18.2 Å². The molecule has 0 amide bonds. The zero-order valence-electron chi connectivity index (χ0n) is 18.7. The molecule has 0 N–H and O–H groups in total. The van der Waals surface area contributed by atoms with Crippen LogP contribution in [0.5, 0.6) is 11.5 Å². The Morgan fingerprint density at radius 1 is 0.564 bits per heavy atom. The number of rotatable bonds is 5. The minimum atomic E-state index is -5.03. The molecule has 1 aliphatic rings. The van der Waals surface area contributed by atoms with Crippen LogP contribution in [-0.4, -0.2) is 7.12 Å². The standard InChI is InChI=1S/C25H8BF11O2/c27-9-6-7-12(11(28)8-9)39-26(38-10-4-2-1-3-5-10)17-15-13(18(29)22(33)21(17)32)14-16(25(15,36)37)20(31)24(35)23(34)19(14)30/h1-8H. The second-order valence-corrected chi connectivity index (χ2v) is 8.14. The summed E-state index contributed by atoms with van der Waals surface area (Å²) in [5.74, 6) is -26.8. The number of alkyl halides is 2. The van der Waals surface area contributed by atoms with Crippen LogP contribution in [0.3, 0.4) is 0 Å². The van der Waals surface area contributed by atoms with E-state index in [9.17, 15) is 35.1 Å². The highest BCUT2D eigenvalue weighted by Crippen LogP contribution is 2.54. The van der Waals surface area contributed by atoms with Crippen LogP contribution >= 0.6 is 0 Å². The smallest absolute Gasteiger partial charge is 0.522 e. The molecule has 5 rings (SSSR count). The maximum absolute atomic E-state index is 15.6. The first-order valence-electron chi connectivity index (χ1n) is 10.6. The normalized spacial score (nSPS) is 13.2. The third-order valence-corrected chi connectivity index (χ3v) is 5.86. The molecule has 14 heteroatoms. The Hall–Kier alpha value is -4.23. The summed E-state index contributed by atoms with van der Waals surface area (Å²) in [5.41, 5.74) is -9.72. The van der Waals surface area contributed by atoms with Crippen molar-refractivity contribution < 1.29 is 57.6 Å². The quantitative estimate of drug-likeness (QED) is 0.114. The fraction of sp³-hybridized carbons (Fsp3) is 0.0400. The van der Waals surface area contributed by atoms with Crippen LogP contribution in [0.1, 0.15) is 11.1 Å². The molecule has 0 saturated heterocycles. The zero-order chi connectivity index (χ0) is 28.4. The molecule has 0 radical (unpaired) electrons. The average molecular weight is 560 g/mol. The van der Waals surface area contributed by atoms with Gasteiger partial charge in [0.1, 0.15) is 17.3 Å². The van der Waals surface area contributed by atoms with Crippen LogP contribution in [-0.2, 0) is 5.92 Å². The van der Waals surface area contributed by atoms with Crippen LogP contribution in [0.2, 0.25) is 0 Å². The molecule has 0 fully saturated rings. The number of benzene rings is 4. The van der Waals surface area contributed by atoms with Crippen LogP contribution in [0.25, 0.3) is 11.1 Å². The molecule has 0 unspecified atom stereocenters. The summed E-state index contributed by atoms with van der Waals surface area (Å²) in [6.07, 6.45) is 0. The lowest BCUT2D eigenvalue weighted by molar-refractivity contribution is 0.0433. The predicted molar refractivity (Wildman–Crippen MR) is 114 cm³/mol. The lowest BCUT2D eigenvalue weighted by atomic mass is 9.72. The van der Waals surface area contributed by atoms with Gasteiger partial charge in [-0.1, -0.05) is 18.2 Å². The third kappa shape index (κ3) is 3.96. The van der Waals surface area contributed by atoms with Gasteiger partial charge in [0.25, 0.3) is 0 Å². The Labute approximate surface area is 211 Å². The van der Waals surface area contributed by atoms with Gasteiger partial charge in [0.15, 0.2) is 46.5 Å². The van der Waals surface area contributed by atoms with Crippen molar-refractivity contribution in [2.24, 2.45) is 0 Å². The first kappa shape index (κ1) is 26.4. The van der Waals surface area contributed by atoms with Crippen molar-refractivity contribution >= 4 is 12.6 Å². The molecule has 200 valence electrons. The number of para-hydroxylation sites is 1. The molecule has 0 aromatic heterocycles. The monoisotopic (exact) mass is 560 g/mol. The van der Waals surface area contributed by atoms with E-state index >= 15 is 13.2 Å². The molecule has 0 saturated carbocycles. The Morgan fingerprint density at radius 2 is 1.13 bits per heavy atom. The van der Waals surface area contributed by atoms with E-state index in [0.717, 1.165) is 12.1 Å². The van der Waals surface area contributed by atoms with E-state index in [2.05, 4.69) is 0 Å². The second kappa shape index (κ2) is 9.21. The van der Waals surface area contributed by atoms with Crippen molar-refractivity contribution in [3.05, 3.63) is 112 Å². The highest BCUT2D eigenvalue weighted by atomic mass is 19.3. The fourth-order valence-electron chi connectivity index (χ4n) is 4.20. The van der Waals surface area contributed by atoms with Crippen LogP contribution in [0.4, 0.5) is 48.3 Å². The van der Waals surface area contributed by atoms with E-state index in [-0.39, 0.29) is 11.8 Å². The Bertz CT molecular complexity index is 1640. The zero-order valence-corrected chi connectivity index (χ0v) is 18.7. The van der Waals surface area contributed by atoms with Crippen molar-refractivity contribution in [2.45, 2.75) is 5.92 Å². The first-order valence-corrected chi connectivity index (χ1v) is 10.6. The van der Waals surface area contributed by atoms with E-state index in [0.29, 0.717) is 12.1 Å². The molecule has 4 aromatic carbocycles. The molecule has 2 nitrogen and oxygen atoms in total. The van der Waals surface area contributed by atoms with Crippen molar-refractivity contribution in [3.63, 3.8) is 0 Å². The topological polar surface area (TPSA) is 18.5 Å². The molecular formula is C25H8BF11O2. The highest BCUT2D eigenvalue weighted by Gasteiger charge is 2.57. The number of halogens is 11. The first-order chi connectivity index (χ1) is 18.4. The summed E-state index contributed by atoms with van der Waals surface area (Å²) >= 11 is 0. The summed E-state index contributed by atoms with van der Waals surface area (Å²) < 4.78 is 171.